The van der Waals surface area contributed by atoms with Crippen LogP contribution in [0.1, 0.15) is 49.6 Å². The Bertz CT molecular complexity index is 545. The van der Waals surface area contributed by atoms with Crippen LogP contribution in [-0.2, 0) is 13.0 Å². The van der Waals surface area contributed by atoms with Crippen LogP contribution in [-0.4, -0.2) is 16.3 Å². The molecule has 2 rings (SSSR count). The van der Waals surface area contributed by atoms with Gasteiger partial charge in [-0.25, -0.2) is 0 Å². The first-order valence-corrected chi connectivity index (χ1v) is 8.05. The number of hydrogen-bond donors (Lipinski definition) is 1. The number of nitrogens with zero attached hydrogens (tertiary/aromatic N) is 2. The Kier molecular flexibility index (Phi) is 6.00. The summed E-state index contributed by atoms with van der Waals surface area (Å²) in [6.45, 7) is 8.49. The van der Waals surface area contributed by atoms with Crippen molar-refractivity contribution in [3.05, 3.63) is 53.3 Å². The van der Waals surface area contributed by atoms with Gasteiger partial charge in [0.2, 0.25) is 0 Å². The second-order valence-electron chi connectivity index (χ2n) is 5.61. The molecule has 1 aromatic carbocycles. The summed E-state index contributed by atoms with van der Waals surface area (Å²) < 4.78 is 2.10. The van der Waals surface area contributed by atoms with Crippen molar-refractivity contribution in [3.63, 3.8) is 0 Å². The van der Waals surface area contributed by atoms with Crippen LogP contribution in [0.5, 0.6) is 0 Å². The number of aromatic nitrogens is 2. The van der Waals surface area contributed by atoms with E-state index < -0.39 is 0 Å². The number of nitrogens with one attached hydrogen (secondary N) is 1. The Morgan fingerprint density at radius 3 is 2.81 bits per heavy atom. The highest BCUT2D eigenvalue weighted by Gasteiger charge is 2.15. The lowest BCUT2D eigenvalue weighted by atomic mass is 10.0. The third-order valence-corrected chi connectivity index (χ3v) is 3.85. The van der Waals surface area contributed by atoms with E-state index in [-0.39, 0.29) is 0 Å². The molecule has 0 bridgehead atoms. The van der Waals surface area contributed by atoms with Gasteiger partial charge in [0.05, 0.1) is 5.69 Å². The van der Waals surface area contributed by atoms with E-state index in [1.54, 1.807) is 0 Å². The summed E-state index contributed by atoms with van der Waals surface area (Å²) in [4.78, 5) is 0. The molecule has 0 aliphatic rings. The summed E-state index contributed by atoms with van der Waals surface area (Å²) >= 11 is 0. The Morgan fingerprint density at radius 1 is 1.24 bits per heavy atom. The molecule has 0 radical (unpaired) electrons. The van der Waals surface area contributed by atoms with Crippen LogP contribution in [0, 0.1) is 6.92 Å². The molecule has 0 aliphatic carbocycles. The molecule has 1 unspecified atom stereocenters. The fourth-order valence-electron chi connectivity index (χ4n) is 2.75. The predicted octanol–water partition coefficient (Wildman–Crippen LogP) is 3.88. The molecule has 21 heavy (non-hydrogen) atoms. The van der Waals surface area contributed by atoms with Crippen molar-refractivity contribution in [1.29, 1.82) is 0 Å². The van der Waals surface area contributed by atoms with Crippen LogP contribution in [0.4, 0.5) is 0 Å². The van der Waals surface area contributed by atoms with Crippen molar-refractivity contribution < 1.29 is 0 Å². The van der Waals surface area contributed by atoms with Crippen molar-refractivity contribution in [3.8, 4) is 0 Å². The van der Waals surface area contributed by atoms with E-state index in [0.717, 1.165) is 32.4 Å². The summed E-state index contributed by atoms with van der Waals surface area (Å²) in [5, 5.41) is 8.08. The standard InChI is InChI=1S/C18H27N3/c1-4-12-19-17(18-11-13-20-21(18)5-2)10-9-16-8-6-7-15(3)14-16/h6-8,11,13-14,17,19H,4-5,9-10,12H2,1-3H3. The Labute approximate surface area is 128 Å². The van der Waals surface area contributed by atoms with E-state index in [4.69, 9.17) is 0 Å². The topological polar surface area (TPSA) is 29.9 Å². The van der Waals surface area contributed by atoms with Crippen LogP contribution in [0.15, 0.2) is 36.5 Å². The minimum Gasteiger partial charge on any atom is -0.309 e. The number of rotatable bonds is 8. The molecule has 0 fully saturated rings. The minimum absolute atomic E-state index is 0.382. The molecule has 0 amide bonds. The Morgan fingerprint density at radius 2 is 2.10 bits per heavy atom. The minimum atomic E-state index is 0.382. The van der Waals surface area contributed by atoms with E-state index in [1.165, 1.54) is 16.8 Å². The van der Waals surface area contributed by atoms with Gasteiger partial charge in [-0.1, -0.05) is 36.8 Å². The van der Waals surface area contributed by atoms with Gasteiger partial charge in [0.1, 0.15) is 0 Å². The lowest BCUT2D eigenvalue weighted by molar-refractivity contribution is 0.456. The van der Waals surface area contributed by atoms with Gasteiger partial charge in [-0.3, -0.25) is 4.68 Å². The second-order valence-corrected chi connectivity index (χ2v) is 5.61. The SMILES string of the molecule is CCCNC(CCc1cccc(C)c1)c1ccnn1CC. The zero-order chi connectivity index (χ0) is 15.1. The van der Waals surface area contributed by atoms with Crippen molar-refractivity contribution in [2.75, 3.05) is 6.54 Å². The van der Waals surface area contributed by atoms with Gasteiger partial charge in [0.15, 0.2) is 0 Å². The van der Waals surface area contributed by atoms with Gasteiger partial charge < -0.3 is 5.32 Å². The molecule has 1 heterocycles. The van der Waals surface area contributed by atoms with Gasteiger partial charge in [-0.05, 0) is 51.3 Å². The summed E-state index contributed by atoms with van der Waals surface area (Å²) in [6, 6.07) is 11.3. The normalized spacial score (nSPS) is 12.5. The molecule has 2 aromatic rings. The fourth-order valence-corrected chi connectivity index (χ4v) is 2.75. The monoisotopic (exact) mass is 285 g/mol. The van der Waals surface area contributed by atoms with Crippen LogP contribution >= 0.6 is 0 Å². The van der Waals surface area contributed by atoms with Gasteiger partial charge in [0, 0.05) is 18.8 Å². The smallest absolute Gasteiger partial charge is 0.0553 e. The van der Waals surface area contributed by atoms with Crippen LogP contribution in [0.3, 0.4) is 0 Å². The summed E-state index contributed by atoms with van der Waals surface area (Å²) in [7, 11) is 0. The highest BCUT2D eigenvalue weighted by Crippen LogP contribution is 2.19. The van der Waals surface area contributed by atoms with E-state index in [2.05, 4.69) is 66.2 Å². The van der Waals surface area contributed by atoms with E-state index in [0.29, 0.717) is 6.04 Å². The van der Waals surface area contributed by atoms with Crippen molar-refractivity contribution in [2.24, 2.45) is 0 Å². The molecule has 0 saturated heterocycles. The average Bonchev–Trinajstić information content (AvgIpc) is 2.96. The Hall–Kier alpha value is -1.61. The highest BCUT2D eigenvalue weighted by atomic mass is 15.3. The van der Waals surface area contributed by atoms with Crippen LogP contribution in [0.2, 0.25) is 0 Å². The van der Waals surface area contributed by atoms with Crippen LogP contribution < -0.4 is 5.32 Å². The summed E-state index contributed by atoms with van der Waals surface area (Å²) in [5.41, 5.74) is 4.06. The maximum absolute atomic E-state index is 4.41. The zero-order valence-corrected chi connectivity index (χ0v) is 13.5. The lowest BCUT2D eigenvalue weighted by Gasteiger charge is -2.20. The Balaban J connectivity index is 2.06. The molecule has 114 valence electrons. The van der Waals surface area contributed by atoms with Gasteiger partial charge >= 0.3 is 0 Å². The van der Waals surface area contributed by atoms with Crippen molar-refractivity contribution in [2.45, 2.75) is 52.6 Å². The van der Waals surface area contributed by atoms with E-state index in [1.807, 2.05) is 6.20 Å². The quantitative estimate of drug-likeness (QED) is 0.797. The average molecular weight is 285 g/mol. The molecule has 3 nitrogen and oxygen atoms in total. The van der Waals surface area contributed by atoms with E-state index >= 15 is 0 Å². The molecule has 0 aliphatic heterocycles. The van der Waals surface area contributed by atoms with Gasteiger partial charge in [0.25, 0.3) is 0 Å². The summed E-state index contributed by atoms with van der Waals surface area (Å²) in [5.74, 6) is 0. The highest BCUT2D eigenvalue weighted by molar-refractivity contribution is 5.22. The third-order valence-electron chi connectivity index (χ3n) is 3.85. The molecular weight excluding hydrogens is 258 g/mol. The molecule has 1 N–H and O–H groups in total. The van der Waals surface area contributed by atoms with Crippen molar-refractivity contribution >= 4 is 0 Å². The summed E-state index contributed by atoms with van der Waals surface area (Å²) in [6.07, 6.45) is 5.26. The first-order valence-electron chi connectivity index (χ1n) is 8.05. The molecule has 0 spiro atoms. The lowest BCUT2D eigenvalue weighted by Crippen LogP contribution is -2.25. The molecular formula is C18H27N3. The maximum Gasteiger partial charge on any atom is 0.0553 e. The molecule has 0 saturated carbocycles. The van der Waals surface area contributed by atoms with Gasteiger partial charge in [-0.2, -0.15) is 5.10 Å². The molecule has 1 atom stereocenters. The fraction of sp³-hybridized carbons (Fsp3) is 0.500. The first-order chi connectivity index (χ1) is 10.2. The first kappa shape index (κ1) is 15.8. The largest absolute Gasteiger partial charge is 0.309 e. The van der Waals surface area contributed by atoms with Gasteiger partial charge in [-0.15, -0.1) is 0 Å². The number of hydrogen-bond acceptors (Lipinski definition) is 2. The third kappa shape index (κ3) is 4.43. The van der Waals surface area contributed by atoms with Crippen LogP contribution in [0.25, 0.3) is 0 Å². The number of benzene rings is 1. The van der Waals surface area contributed by atoms with E-state index in [9.17, 15) is 0 Å². The number of aryl methyl sites for hydroxylation is 3. The maximum atomic E-state index is 4.41. The predicted molar refractivity (Wildman–Crippen MR) is 88.4 cm³/mol. The second kappa shape index (κ2) is 7.99. The zero-order valence-electron chi connectivity index (χ0n) is 13.5. The molecule has 3 heteroatoms. The van der Waals surface area contributed by atoms with Crippen molar-refractivity contribution in [1.82, 2.24) is 15.1 Å². The molecule has 1 aromatic heterocycles.